The summed E-state index contributed by atoms with van der Waals surface area (Å²) < 4.78 is 6.00. The maximum absolute atomic E-state index is 6.00. The van der Waals surface area contributed by atoms with Crippen LogP contribution >= 0.6 is 12.2 Å². The second-order valence-corrected chi connectivity index (χ2v) is 5.43. The number of nitrogens with two attached hydrogens (primary N) is 1. The van der Waals surface area contributed by atoms with E-state index in [9.17, 15) is 0 Å². The summed E-state index contributed by atoms with van der Waals surface area (Å²) in [5.74, 6) is 0. The third kappa shape index (κ3) is 4.07. The van der Waals surface area contributed by atoms with Crippen molar-refractivity contribution in [3.05, 3.63) is 35.4 Å². The monoisotopic (exact) mass is 263 g/mol. The van der Waals surface area contributed by atoms with E-state index in [1.165, 1.54) is 38.5 Å². The van der Waals surface area contributed by atoms with Gasteiger partial charge in [-0.1, -0.05) is 56.1 Å². The maximum Gasteiger partial charge on any atom is 0.103 e. The lowest BCUT2D eigenvalue weighted by molar-refractivity contribution is 0.0310. The minimum Gasteiger partial charge on any atom is -0.389 e. The molecule has 0 unspecified atom stereocenters. The highest BCUT2D eigenvalue weighted by atomic mass is 32.1. The van der Waals surface area contributed by atoms with Crippen LogP contribution in [0, 0.1) is 0 Å². The Morgan fingerprint density at radius 1 is 1.22 bits per heavy atom. The van der Waals surface area contributed by atoms with E-state index in [-0.39, 0.29) is 0 Å². The van der Waals surface area contributed by atoms with Crippen molar-refractivity contribution in [2.45, 2.75) is 51.2 Å². The van der Waals surface area contributed by atoms with E-state index >= 15 is 0 Å². The molecule has 0 atom stereocenters. The fraction of sp³-hybridized carbons (Fsp3) is 0.533. The van der Waals surface area contributed by atoms with Crippen LogP contribution in [0.5, 0.6) is 0 Å². The first kappa shape index (κ1) is 13.5. The molecular formula is C15H21NOS. The lowest BCUT2D eigenvalue weighted by Gasteiger charge is -2.15. The highest BCUT2D eigenvalue weighted by Gasteiger charge is 2.12. The van der Waals surface area contributed by atoms with Crippen molar-refractivity contribution in [3.8, 4) is 0 Å². The van der Waals surface area contributed by atoms with Crippen LogP contribution in [0.3, 0.4) is 0 Å². The van der Waals surface area contributed by atoms with Gasteiger partial charge in [-0.15, -0.1) is 0 Å². The first-order valence-corrected chi connectivity index (χ1v) is 7.17. The average molecular weight is 263 g/mol. The standard InChI is InChI=1S/C15H21NOS/c16-15(18)13-7-5-6-12(10-13)11-17-14-8-3-1-2-4-9-14/h5-7,10,14H,1-4,8-9,11H2,(H2,16,18). The highest BCUT2D eigenvalue weighted by molar-refractivity contribution is 7.80. The van der Waals surface area contributed by atoms with E-state index in [0.717, 1.165) is 11.1 Å². The molecule has 0 spiro atoms. The van der Waals surface area contributed by atoms with Gasteiger partial charge in [0.1, 0.15) is 4.99 Å². The molecule has 0 aromatic heterocycles. The molecule has 18 heavy (non-hydrogen) atoms. The van der Waals surface area contributed by atoms with Crippen LogP contribution in [0.15, 0.2) is 24.3 Å². The van der Waals surface area contributed by atoms with Crippen molar-refractivity contribution in [2.24, 2.45) is 5.73 Å². The third-order valence-corrected chi connectivity index (χ3v) is 3.74. The smallest absolute Gasteiger partial charge is 0.103 e. The molecule has 98 valence electrons. The zero-order valence-corrected chi connectivity index (χ0v) is 11.5. The number of benzene rings is 1. The summed E-state index contributed by atoms with van der Waals surface area (Å²) in [5.41, 5.74) is 7.71. The Morgan fingerprint density at radius 3 is 2.61 bits per heavy atom. The van der Waals surface area contributed by atoms with Gasteiger partial charge in [0.2, 0.25) is 0 Å². The maximum atomic E-state index is 6.00. The molecule has 3 heteroatoms. The van der Waals surface area contributed by atoms with Crippen molar-refractivity contribution in [1.29, 1.82) is 0 Å². The fourth-order valence-corrected chi connectivity index (χ4v) is 2.56. The van der Waals surface area contributed by atoms with Crippen molar-refractivity contribution >= 4 is 17.2 Å². The van der Waals surface area contributed by atoms with Gasteiger partial charge in [-0.05, 0) is 24.5 Å². The molecule has 1 fully saturated rings. The molecule has 1 aliphatic carbocycles. The molecule has 1 saturated carbocycles. The number of hydrogen-bond acceptors (Lipinski definition) is 2. The van der Waals surface area contributed by atoms with Gasteiger partial charge in [-0.2, -0.15) is 0 Å². The predicted molar refractivity (Wildman–Crippen MR) is 78.6 cm³/mol. The molecule has 0 heterocycles. The molecular weight excluding hydrogens is 242 g/mol. The van der Waals surface area contributed by atoms with Crippen LogP contribution in [0.1, 0.15) is 49.7 Å². The first-order valence-electron chi connectivity index (χ1n) is 6.76. The Labute approximate surface area is 115 Å². The summed E-state index contributed by atoms with van der Waals surface area (Å²) in [6.07, 6.45) is 8.16. The van der Waals surface area contributed by atoms with Gasteiger partial charge < -0.3 is 10.5 Å². The molecule has 0 aliphatic heterocycles. The van der Waals surface area contributed by atoms with E-state index in [1.807, 2.05) is 18.2 Å². The van der Waals surface area contributed by atoms with Crippen LogP contribution in [0.2, 0.25) is 0 Å². The number of ether oxygens (including phenoxy) is 1. The Morgan fingerprint density at radius 2 is 1.94 bits per heavy atom. The Balaban J connectivity index is 1.88. The number of thiocarbonyl (C=S) groups is 1. The largest absolute Gasteiger partial charge is 0.389 e. The zero-order valence-electron chi connectivity index (χ0n) is 10.7. The topological polar surface area (TPSA) is 35.2 Å². The Bertz CT molecular complexity index is 397. The summed E-state index contributed by atoms with van der Waals surface area (Å²) in [5, 5.41) is 0. The molecule has 1 aromatic carbocycles. The molecule has 0 saturated heterocycles. The number of hydrogen-bond donors (Lipinski definition) is 1. The van der Waals surface area contributed by atoms with Crippen molar-refractivity contribution in [2.75, 3.05) is 0 Å². The quantitative estimate of drug-likeness (QED) is 0.666. The highest BCUT2D eigenvalue weighted by Crippen LogP contribution is 2.21. The van der Waals surface area contributed by atoms with Crippen LogP contribution in [0.4, 0.5) is 0 Å². The van der Waals surface area contributed by atoms with Gasteiger partial charge >= 0.3 is 0 Å². The van der Waals surface area contributed by atoms with Crippen LogP contribution in [-0.4, -0.2) is 11.1 Å². The fourth-order valence-electron chi connectivity index (χ4n) is 2.44. The van der Waals surface area contributed by atoms with Crippen LogP contribution in [-0.2, 0) is 11.3 Å². The van der Waals surface area contributed by atoms with E-state index in [2.05, 4.69) is 6.07 Å². The average Bonchev–Trinajstić information content (AvgIpc) is 2.65. The minimum atomic E-state index is 0.431. The summed E-state index contributed by atoms with van der Waals surface area (Å²) in [6, 6.07) is 8.02. The van der Waals surface area contributed by atoms with Gasteiger partial charge in [-0.25, -0.2) is 0 Å². The summed E-state index contributed by atoms with van der Waals surface area (Å²) in [6.45, 7) is 0.668. The van der Waals surface area contributed by atoms with E-state index < -0.39 is 0 Å². The lowest BCUT2D eigenvalue weighted by atomic mass is 10.1. The normalized spacial score (nSPS) is 17.3. The Hall–Kier alpha value is -0.930. The summed E-state index contributed by atoms with van der Waals surface area (Å²) >= 11 is 4.99. The van der Waals surface area contributed by atoms with E-state index in [1.54, 1.807) is 0 Å². The second kappa shape index (κ2) is 6.86. The molecule has 0 bridgehead atoms. The van der Waals surface area contributed by atoms with Gasteiger partial charge in [0.15, 0.2) is 0 Å². The van der Waals surface area contributed by atoms with Gasteiger partial charge in [0.05, 0.1) is 12.7 Å². The van der Waals surface area contributed by atoms with Gasteiger partial charge in [0.25, 0.3) is 0 Å². The summed E-state index contributed by atoms with van der Waals surface area (Å²) in [4.78, 5) is 0.450. The molecule has 2 N–H and O–H groups in total. The van der Waals surface area contributed by atoms with E-state index in [4.69, 9.17) is 22.7 Å². The van der Waals surface area contributed by atoms with Crippen LogP contribution in [0.25, 0.3) is 0 Å². The van der Waals surface area contributed by atoms with Crippen molar-refractivity contribution in [3.63, 3.8) is 0 Å². The molecule has 1 aromatic rings. The third-order valence-electron chi connectivity index (χ3n) is 3.50. The van der Waals surface area contributed by atoms with Crippen molar-refractivity contribution in [1.82, 2.24) is 0 Å². The molecule has 2 rings (SSSR count). The van der Waals surface area contributed by atoms with Gasteiger partial charge in [0, 0.05) is 5.56 Å². The van der Waals surface area contributed by atoms with Crippen LogP contribution < -0.4 is 5.73 Å². The predicted octanol–water partition coefficient (Wildman–Crippen LogP) is 3.56. The SMILES string of the molecule is NC(=S)c1cccc(COC2CCCCCC2)c1. The molecule has 0 radical (unpaired) electrons. The van der Waals surface area contributed by atoms with Gasteiger partial charge in [-0.3, -0.25) is 0 Å². The molecule has 2 nitrogen and oxygen atoms in total. The lowest BCUT2D eigenvalue weighted by Crippen LogP contribution is -2.12. The molecule has 1 aliphatic rings. The number of rotatable bonds is 4. The summed E-state index contributed by atoms with van der Waals surface area (Å²) in [7, 11) is 0. The molecule has 0 amide bonds. The Kier molecular flexibility index (Phi) is 5.14. The zero-order chi connectivity index (χ0) is 12.8. The minimum absolute atomic E-state index is 0.431. The second-order valence-electron chi connectivity index (χ2n) is 4.99. The van der Waals surface area contributed by atoms with Crippen molar-refractivity contribution < 1.29 is 4.74 Å². The van der Waals surface area contributed by atoms with E-state index in [0.29, 0.717) is 17.7 Å². The first-order chi connectivity index (χ1) is 8.75.